The molecule has 3 nitrogen and oxygen atoms in total. The van der Waals surface area contributed by atoms with Crippen molar-refractivity contribution < 1.29 is 8.91 Å². The second-order valence-corrected chi connectivity index (χ2v) is 3.81. The van der Waals surface area contributed by atoms with E-state index in [1.165, 1.54) is 6.07 Å². The monoisotopic (exact) mass is 290 g/mol. The van der Waals surface area contributed by atoms with Gasteiger partial charge in [0.25, 0.3) is 5.89 Å². The molecule has 78 valence electrons. The minimum absolute atomic E-state index is 0.163. The molecule has 1 aromatic carbocycles. The van der Waals surface area contributed by atoms with Gasteiger partial charge < -0.3 is 4.52 Å². The Bertz CT molecular complexity index is 489. The van der Waals surface area contributed by atoms with Gasteiger partial charge in [-0.05, 0) is 28.1 Å². The Balaban J connectivity index is 2.49. The molecule has 6 heteroatoms. The Labute approximate surface area is 98.4 Å². The predicted octanol–water partition coefficient (Wildman–Crippen LogP) is 3.38. The molecule has 15 heavy (non-hydrogen) atoms. The van der Waals surface area contributed by atoms with E-state index in [1.54, 1.807) is 12.1 Å². The first-order chi connectivity index (χ1) is 7.22. The summed E-state index contributed by atoms with van der Waals surface area (Å²) in [5, 5.41) is 3.62. The molecule has 0 amide bonds. The average Bonchev–Trinajstić information content (AvgIpc) is 2.70. The van der Waals surface area contributed by atoms with Gasteiger partial charge >= 0.3 is 0 Å². The Hall–Kier alpha value is -0.940. The van der Waals surface area contributed by atoms with Gasteiger partial charge in [-0.3, -0.25) is 0 Å². The fourth-order valence-corrected chi connectivity index (χ4v) is 1.63. The Morgan fingerprint density at radius 3 is 2.93 bits per heavy atom. The van der Waals surface area contributed by atoms with Crippen LogP contribution in [0.1, 0.15) is 5.82 Å². The van der Waals surface area contributed by atoms with Crippen molar-refractivity contribution in [3.05, 3.63) is 34.3 Å². The maximum atomic E-state index is 13.2. The van der Waals surface area contributed by atoms with Crippen LogP contribution in [0.2, 0.25) is 0 Å². The summed E-state index contributed by atoms with van der Waals surface area (Å²) in [5.74, 6) is 0.411. The fraction of sp³-hybridized carbons (Fsp3) is 0.111. The molecule has 0 unspecified atom stereocenters. The van der Waals surface area contributed by atoms with Crippen LogP contribution in [0.4, 0.5) is 4.39 Å². The summed E-state index contributed by atoms with van der Waals surface area (Å²) in [5.41, 5.74) is 0.513. The summed E-state index contributed by atoms with van der Waals surface area (Å²) in [6, 6.07) is 4.59. The number of rotatable bonds is 2. The summed E-state index contributed by atoms with van der Waals surface area (Å²) in [7, 11) is 0. The van der Waals surface area contributed by atoms with E-state index in [0.29, 0.717) is 15.9 Å². The number of nitrogens with zero attached hydrogens (tertiary/aromatic N) is 2. The number of hydrogen-bond acceptors (Lipinski definition) is 3. The summed E-state index contributed by atoms with van der Waals surface area (Å²) in [6.07, 6.45) is 0. The lowest BCUT2D eigenvalue weighted by atomic mass is 10.2. The average molecular weight is 292 g/mol. The van der Waals surface area contributed by atoms with Crippen LogP contribution in [0.5, 0.6) is 0 Å². The van der Waals surface area contributed by atoms with Crippen molar-refractivity contribution in [2.45, 2.75) is 5.88 Å². The third-order valence-electron chi connectivity index (χ3n) is 1.77. The van der Waals surface area contributed by atoms with Gasteiger partial charge in [0, 0.05) is 0 Å². The van der Waals surface area contributed by atoms with Crippen LogP contribution < -0.4 is 0 Å². The lowest BCUT2D eigenvalue weighted by molar-refractivity contribution is 0.424. The van der Waals surface area contributed by atoms with Crippen LogP contribution in [0, 0.1) is 5.82 Å². The van der Waals surface area contributed by atoms with Gasteiger partial charge in [-0.2, -0.15) is 4.98 Å². The molecular formula is C9H5BrClFN2O. The van der Waals surface area contributed by atoms with Gasteiger partial charge in [0.05, 0.1) is 15.9 Å². The van der Waals surface area contributed by atoms with E-state index in [9.17, 15) is 4.39 Å². The highest BCUT2D eigenvalue weighted by molar-refractivity contribution is 9.10. The van der Waals surface area contributed by atoms with Crippen LogP contribution in [-0.2, 0) is 5.88 Å². The number of aromatic nitrogens is 2. The molecule has 0 aliphatic heterocycles. The van der Waals surface area contributed by atoms with Crippen LogP contribution >= 0.6 is 27.5 Å². The predicted molar refractivity (Wildman–Crippen MR) is 56.9 cm³/mol. The van der Waals surface area contributed by atoms with E-state index in [-0.39, 0.29) is 17.6 Å². The number of alkyl halides is 1. The van der Waals surface area contributed by atoms with Crippen molar-refractivity contribution in [1.29, 1.82) is 0 Å². The lowest BCUT2D eigenvalue weighted by Gasteiger charge is -1.98. The van der Waals surface area contributed by atoms with E-state index in [4.69, 9.17) is 16.1 Å². The SMILES string of the molecule is Fc1cccc(-c2nc(CCl)no2)c1Br. The third-order valence-corrected chi connectivity index (χ3v) is 2.81. The van der Waals surface area contributed by atoms with Gasteiger partial charge in [0.1, 0.15) is 5.82 Å². The Morgan fingerprint density at radius 1 is 1.47 bits per heavy atom. The van der Waals surface area contributed by atoms with Crippen LogP contribution in [0.15, 0.2) is 27.2 Å². The smallest absolute Gasteiger partial charge is 0.259 e. The molecule has 0 atom stereocenters. The van der Waals surface area contributed by atoms with E-state index in [2.05, 4.69) is 26.1 Å². The van der Waals surface area contributed by atoms with E-state index >= 15 is 0 Å². The maximum Gasteiger partial charge on any atom is 0.259 e. The highest BCUT2D eigenvalue weighted by Crippen LogP contribution is 2.28. The van der Waals surface area contributed by atoms with Crippen molar-refractivity contribution >= 4 is 27.5 Å². The molecule has 1 aromatic heterocycles. The van der Waals surface area contributed by atoms with Crippen molar-refractivity contribution in [3.8, 4) is 11.5 Å². The summed E-state index contributed by atoms with van der Waals surface area (Å²) >= 11 is 8.64. The van der Waals surface area contributed by atoms with E-state index in [1.807, 2.05) is 0 Å². The van der Waals surface area contributed by atoms with Gasteiger partial charge in [0.2, 0.25) is 0 Å². The topological polar surface area (TPSA) is 38.9 Å². The largest absolute Gasteiger partial charge is 0.334 e. The number of halogens is 3. The van der Waals surface area contributed by atoms with Crippen molar-refractivity contribution in [1.82, 2.24) is 10.1 Å². The molecule has 0 saturated heterocycles. The second kappa shape index (κ2) is 4.28. The van der Waals surface area contributed by atoms with Crippen LogP contribution in [-0.4, -0.2) is 10.1 Å². The third kappa shape index (κ3) is 2.03. The minimum Gasteiger partial charge on any atom is -0.334 e. The molecule has 2 aromatic rings. The van der Waals surface area contributed by atoms with Gasteiger partial charge in [-0.15, -0.1) is 11.6 Å². The lowest BCUT2D eigenvalue weighted by Crippen LogP contribution is -1.85. The first-order valence-electron chi connectivity index (χ1n) is 4.05. The molecule has 0 aliphatic rings. The van der Waals surface area contributed by atoms with E-state index < -0.39 is 0 Å². The summed E-state index contributed by atoms with van der Waals surface area (Å²) < 4.78 is 18.4. The zero-order valence-corrected chi connectivity index (χ0v) is 9.72. The van der Waals surface area contributed by atoms with Crippen molar-refractivity contribution in [3.63, 3.8) is 0 Å². The highest BCUT2D eigenvalue weighted by atomic mass is 79.9. The van der Waals surface area contributed by atoms with Crippen LogP contribution in [0.25, 0.3) is 11.5 Å². The Morgan fingerprint density at radius 2 is 2.27 bits per heavy atom. The summed E-state index contributed by atoms with van der Waals surface area (Å²) in [6.45, 7) is 0. The molecule has 0 aliphatic carbocycles. The molecule has 0 radical (unpaired) electrons. The zero-order valence-electron chi connectivity index (χ0n) is 7.38. The second-order valence-electron chi connectivity index (χ2n) is 2.75. The number of hydrogen-bond donors (Lipinski definition) is 0. The van der Waals surface area contributed by atoms with Crippen molar-refractivity contribution in [2.24, 2.45) is 0 Å². The van der Waals surface area contributed by atoms with Gasteiger partial charge in [-0.25, -0.2) is 4.39 Å². The van der Waals surface area contributed by atoms with Crippen molar-refractivity contribution in [2.75, 3.05) is 0 Å². The molecule has 0 spiro atoms. The fourth-order valence-electron chi connectivity index (χ4n) is 1.09. The summed E-state index contributed by atoms with van der Waals surface area (Å²) in [4.78, 5) is 3.99. The first-order valence-corrected chi connectivity index (χ1v) is 5.38. The van der Waals surface area contributed by atoms with Gasteiger partial charge in [0.15, 0.2) is 5.82 Å². The van der Waals surface area contributed by atoms with E-state index in [0.717, 1.165) is 0 Å². The molecule has 0 bridgehead atoms. The molecule has 0 fully saturated rings. The standard InChI is InChI=1S/C9H5BrClFN2O/c10-8-5(2-1-3-6(8)12)9-13-7(4-11)14-15-9/h1-3H,4H2. The van der Waals surface area contributed by atoms with Gasteiger partial charge in [-0.1, -0.05) is 11.2 Å². The Kier molecular flexibility index (Phi) is 3.02. The zero-order chi connectivity index (χ0) is 10.8. The molecule has 0 N–H and O–H groups in total. The first kappa shape index (κ1) is 10.6. The molecular weight excluding hydrogens is 286 g/mol. The molecule has 2 rings (SSSR count). The van der Waals surface area contributed by atoms with Crippen LogP contribution in [0.3, 0.4) is 0 Å². The molecule has 1 heterocycles. The maximum absolute atomic E-state index is 13.2. The highest BCUT2D eigenvalue weighted by Gasteiger charge is 2.13. The minimum atomic E-state index is -0.377. The number of benzene rings is 1. The quantitative estimate of drug-likeness (QED) is 0.796. The normalized spacial score (nSPS) is 10.6. The molecule has 0 saturated carbocycles.